The topological polar surface area (TPSA) is 40.5 Å². The SMILES string of the molecule is CCC1CCC(CCO)C(O)C1. The largest absolute Gasteiger partial charge is 0.396 e. The second-order valence-electron chi connectivity index (χ2n) is 3.93. The highest BCUT2D eigenvalue weighted by Crippen LogP contribution is 2.32. The van der Waals surface area contributed by atoms with Crippen LogP contribution in [0.15, 0.2) is 0 Å². The van der Waals surface area contributed by atoms with Gasteiger partial charge >= 0.3 is 0 Å². The predicted octanol–water partition coefficient (Wildman–Crippen LogP) is 1.56. The van der Waals surface area contributed by atoms with Gasteiger partial charge in [0.2, 0.25) is 0 Å². The highest BCUT2D eigenvalue weighted by molar-refractivity contribution is 4.78. The van der Waals surface area contributed by atoms with Gasteiger partial charge in [0.1, 0.15) is 0 Å². The summed E-state index contributed by atoms with van der Waals surface area (Å²) < 4.78 is 0. The van der Waals surface area contributed by atoms with Crippen LogP contribution in [-0.4, -0.2) is 22.9 Å². The summed E-state index contributed by atoms with van der Waals surface area (Å²) in [7, 11) is 0. The van der Waals surface area contributed by atoms with Crippen molar-refractivity contribution in [3.63, 3.8) is 0 Å². The number of rotatable bonds is 3. The molecular formula is C10H20O2. The Morgan fingerprint density at radius 2 is 2.08 bits per heavy atom. The lowest BCUT2D eigenvalue weighted by Gasteiger charge is -2.32. The van der Waals surface area contributed by atoms with Crippen LogP contribution in [0.5, 0.6) is 0 Å². The highest BCUT2D eigenvalue weighted by Gasteiger charge is 2.27. The minimum Gasteiger partial charge on any atom is -0.396 e. The van der Waals surface area contributed by atoms with Gasteiger partial charge in [-0.15, -0.1) is 0 Å². The van der Waals surface area contributed by atoms with Gasteiger partial charge in [-0.3, -0.25) is 0 Å². The summed E-state index contributed by atoms with van der Waals surface area (Å²) in [5, 5.41) is 18.4. The first kappa shape index (κ1) is 10.0. The van der Waals surface area contributed by atoms with E-state index in [9.17, 15) is 5.11 Å². The third-order valence-corrected chi connectivity index (χ3v) is 3.14. The van der Waals surface area contributed by atoms with E-state index in [1.807, 2.05) is 0 Å². The van der Waals surface area contributed by atoms with Crippen LogP contribution in [0.1, 0.15) is 39.0 Å². The van der Waals surface area contributed by atoms with E-state index in [0.29, 0.717) is 5.92 Å². The molecule has 0 amide bonds. The van der Waals surface area contributed by atoms with Crippen molar-refractivity contribution in [2.24, 2.45) is 11.8 Å². The zero-order valence-corrected chi connectivity index (χ0v) is 7.87. The molecule has 3 unspecified atom stereocenters. The second-order valence-corrected chi connectivity index (χ2v) is 3.93. The minimum absolute atomic E-state index is 0.157. The van der Waals surface area contributed by atoms with Crippen molar-refractivity contribution in [2.75, 3.05) is 6.61 Å². The van der Waals surface area contributed by atoms with Gasteiger partial charge in [-0.2, -0.15) is 0 Å². The Labute approximate surface area is 74.6 Å². The van der Waals surface area contributed by atoms with Crippen molar-refractivity contribution in [1.82, 2.24) is 0 Å². The Balaban J connectivity index is 2.31. The molecule has 1 aliphatic rings. The maximum absolute atomic E-state index is 9.69. The van der Waals surface area contributed by atoms with Crippen LogP contribution < -0.4 is 0 Å². The third-order valence-electron chi connectivity index (χ3n) is 3.14. The zero-order valence-electron chi connectivity index (χ0n) is 7.87. The molecule has 0 aromatic rings. The van der Waals surface area contributed by atoms with Crippen molar-refractivity contribution in [3.8, 4) is 0 Å². The van der Waals surface area contributed by atoms with Gasteiger partial charge in [0, 0.05) is 6.61 Å². The quantitative estimate of drug-likeness (QED) is 0.678. The maximum atomic E-state index is 9.69. The molecule has 72 valence electrons. The summed E-state index contributed by atoms with van der Waals surface area (Å²) in [5.74, 6) is 1.08. The molecule has 2 heteroatoms. The molecule has 1 rings (SSSR count). The lowest BCUT2D eigenvalue weighted by molar-refractivity contribution is 0.0316. The molecule has 0 aromatic heterocycles. The van der Waals surface area contributed by atoms with Crippen molar-refractivity contribution >= 4 is 0 Å². The molecule has 1 fully saturated rings. The molecule has 2 nitrogen and oxygen atoms in total. The van der Waals surface area contributed by atoms with Crippen LogP contribution in [0.2, 0.25) is 0 Å². The van der Waals surface area contributed by atoms with E-state index in [0.717, 1.165) is 25.2 Å². The van der Waals surface area contributed by atoms with Crippen LogP contribution in [0.4, 0.5) is 0 Å². The summed E-state index contributed by atoms with van der Waals surface area (Å²) in [6.45, 7) is 2.41. The van der Waals surface area contributed by atoms with Crippen LogP contribution in [0, 0.1) is 11.8 Å². The summed E-state index contributed by atoms with van der Waals surface area (Å²) in [6, 6.07) is 0. The third kappa shape index (κ3) is 2.46. The first-order chi connectivity index (χ1) is 5.77. The molecule has 0 aromatic carbocycles. The maximum Gasteiger partial charge on any atom is 0.0571 e. The van der Waals surface area contributed by atoms with Gasteiger partial charge in [0.05, 0.1) is 6.10 Å². The normalized spacial score (nSPS) is 36.8. The highest BCUT2D eigenvalue weighted by atomic mass is 16.3. The van der Waals surface area contributed by atoms with Crippen molar-refractivity contribution in [1.29, 1.82) is 0 Å². The zero-order chi connectivity index (χ0) is 8.97. The number of hydrogen-bond donors (Lipinski definition) is 2. The molecule has 0 heterocycles. The summed E-state index contributed by atoms with van der Waals surface area (Å²) in [5.41, 5.74) is 0. The summed E-state index contributed by atoms with van der Waals surface area (Å²) in [4.78, 5) is 0. The minimum atomic E-state index is -0.157. The van der Waals surface area contributed by atoms with E-state index in [1.54, 1.807) is 0 Å². The van der Waals surface area contributed by atoms with Crippen LogP contribution in [0.25, 0.3) is 0 Å². The lowest BCUT2D eigenvalue weighted by atomic mass is 9.77. The summed E-state index contributed by atoms with van der Waals surface area (Å²) >= 11 is 0. The van der Waals surface area contributed by atoms with Gasteiger partial charge in [0.25, 0.3) is 0 Å². The molecule has 12 heavy (non-hydrogen) atoms. The van der Waals surface area contributed by atoms with E-state index in [-0.39, 0.29) is 12.7 Å². The average molecular weight is 172 g/mol. The van der Waals surface area contributed by atoms with Gasteiger partial charge in [0.15, 0.2) is 0 Å². The molecule has 2 N–H and O–H groups in total. The Morgan fingerprint density at radius 1 is 1.33 bits per heavy atom. The second kappa shape index (κ2) is 4.83. The standard InChI is InChI=1S/C10H20O2/c1-2-8-3-4-9(5-6-11)10(12)7-8/h8-12H,2-7H2,1H3. The van der Waals surface area contributed by atoms with Gasteiger partial charge in [-0.1, -0.05) is 19.8 Å². The fourth-order valence-corrected chi connectivity index (χ4v) is 2.17. The van der Waals surface area contributed by atoms with E-state index in [4.69, 9.17) is 5.11 Å². The number of aliphatic hydroxyl groups is 2. The molecule has 0 spiro atoms. The van der Waals surface area contributed by atoms with Crippen molar-refractivity contribution in [3.05, 3.63) is 0 Å². The van der Waals surface area contributed by atoms with Crippen LogP contribution in [0.3, 0.4) is 0 Å². The van der Waals surface area contributed by atoms with Crippen molar-refractivity contribution < 1.29 is 10.2 Å². The van der Waals surface area contributed by atoms with Crippen LogP contribution >= 0.6 is 0 Å². The smallest absolute Gasteiger partial charge is 0.0571 e. The molecule has 3 atom stereocenters. The lowest BCUT2D eigenvalue weighted by Crippen LogP contribution is -2.29. The fraction of sp³-hybridized carbons (Fsp3) is 1.00. The molecule has 0 saturated heterocycles. The summed E-state index contributed by atoms with van der Waals surface area (Å²) in [6.07, 6.45) is 5.08. The first-order valence-electron chi connectivity index (χ1n) is 5.06. The average Bonchev–Trinajstić information content (AvgIpc) is 2.09. The molecule has 0 aliphatic heterocycles. The molecule has 1 saturated carbocycles. The van der Waals surface area contributed by atoms with Gasteiger partial charge < -0.3 is 10.2 Å². The van der Waals surface area contributed by atoms with E-state index < -0.39 is 0 Å². The Hall–Kier alpha value is -0.0800. The predicted molar refractivity (Wildman–Crippen MR) is 48.8 cm³/mol. The van der Waals surface area contributed by atoms with E-state index in [2.05, 4.69) is 6.92 Å². The number of hydrogen-bond acceptors (Lipinski definition) is 2. The van der Waals surface area contributed by atoms with Gasteiger partial charge in [-0.25, -0.2) is 0 Å². The first-order valence-corrected chi connectivity index (χ1v) is 5.06. The van der Waals surface area contributed by atoms with Crippen LogP contribution in [-0.2, 0) is 0 Å². The van der Waals surface area contributed by atoms with E-state index >= 15 is 0 Å². The number of aliphatic hydroxyl groups excluding tert-OH is 2. The molecule has 1 aliphatic carbocycles. The van der Waals surface area contributed by atoms with E-state index in [1.165, 1.54) is 12.8 Å². The molecular weight excluding hydrogens is 152 g/mol. The Bertz CT molecular complexity index is 125. The Kier molecular flexibility index (Phi) is 4.02. The molecule has 0 bridgehead atoms. The fourth-order valence-electron chi connectivity index (χ4n) is 2.17. The van der Waals surface area contributed by atoms with Crippen molar-refractivity contribution in [2.45, 2.75) is 45.1 Å². The molecule has 0 radical (unpaired) electrons. The Morgan fingerprint density at radius 3 is 2.58 bits per heavy atom. The monoisotopic (exact) mass is 172 g/mol. The van der Waals surface area contributed by atoms with Gasteiger partial charge in [-0.05, 0) is 31.1 Å².